The second-order valence-electron chi connectivity index (χ2n) is 11.6. The third-order valence-electron chi connectivity index (χ3n) is 8.39. The number of anilines is 1. The molecule has 0 bridgehead atoms. The third-order valence-corrected chi connectivity index (χ3v) is 8.39. The van der Waals surface area contributed by atoms with E-state index in [1.807, 2.05) is 55.7 Å². The van der Waals surface area contributed by atoms with Gasteiger partial charge in [0.05, 0.1) is 17.8 Å². The van der Waals surface area contributed by atoms with Crippen LogP contribution in [-0.4, -0.2) is 74.2 Å². The maximum absolute atomic E-state index is 13.1. The van der Waals surface area contributed by atoms with Crippen molar-refractivity contribution in [2.75, 3.05) is 25.4 Å². The lowest BCUT2D eigenvalue weighted by molar-refractivity contribution is -0.122. The Labute approximate surface area is 261 Å². The first-order valence-electron chi connectivity index (χ1n) is 15.0. The molecule has 0 unspecified atom stereocenters. The number of likely N-dealkylation sites (tertiary alicyclic amines) is 2. The number of amides is 3. The summed E-state index contributed by atoms with van der Waals surface area (Å²) < 4.78 is 7.39. The number of benzene rings is 2. The number of ether oxygens (including phenoxy) is 1. The van der Waals surface area contributed by atoms with Crippen LogP contribution >= 0.6 is 0 Å². The number of primary amides is 1. The first-order chi connectivity index (χ1) is 21.7. The van der Waals surface area contributed by atoms with Crippen molar-refractivity contribution in [2.45, 2.75) is 37.9 Å². The van der Waals surface area contributed by atoms with Crippen molar-refractivity contribution < 1.29 is 19.1 Å². The number of rotatable bonds is 8. The van der Waals surface area contributed by atoms with Gasteiger partial charge in [-0.1, -0.05) is 36.4 Å². The van der Waals surface area contributed by atoms with E-state index in [1.165, 1.54) is 0 Å². The quantitative estimate of drug-likeness (QED) is 0.275. The van der Waals surface area contributed by atoms with Crippen LogP contribution in [0.1, 0.15) is 35.2 Å². The summed E-state index contributed by atoms with van der Waals surface area (Å²) in [6.45, 7) is 2.29. The summed E-state index contributed by atoms with van der Waals surface area (Å²) in [5, 5.41) is 7.15. The zero-order valence-electron chi connectivity index (χ0n) is 25.1. The second kappa shape index (κ2) is 12.8. The summed E-state index contributed by atoms with van der Waals surface area (Å²) in [7, 11) is 1.81. The molecule has 2 fully saturated rings. The van der Waals surface area contributed by atoms with Crippen LogP contribution in [0.2, 0.25) is 0 Å². The number of pyridine rings is 1. The van der Waals surface area contributed by atoms with Crippen LogP contribution in [0.3, 0.4) is 0 Å². The molecule has 0 aliphatic carbocycles. The van der Waals surface area contributed by atoms with Crippen LogP contribution in [0.5, 0.6) is 5.75 Å². The lowest BCUT2D eigenvalue weighted by atomic mass is 10.0. The van der Waals surface area contributed by atoms with E-state index in [0.717, 1.165) is 47.2 Å². The molecule has 45 heavy (non-hydrogen) atoms. The number of nitrogens with two attached hydrogens (primary N) is 2. The van der Waals surface area contributed by atoms with Crippen LogP contribution in [0.25, 0.3) is 22.3 Å². The summed E-state index contributed by atoms with van der Waals surface area (Å²) in [6, 6.07) is 16.7. The van der Waals surface area contributed by atoms with E-state index in [1.54, 1.807) is 34.1 Å². The van der Waals surface area contributed by atoms with Crippen molar-refractivity contribution in [1.82, 2.24) is 29.9 Å². The molecule has 2 atom stereocenters. The number of hydrogen-bond donors (Lipinski definition) is 3. The largest absolute Gasteiger partial charge is 0.415 e. The number of nitrogens with one attached hydrogen (secondary N) is 1. The topological polar surface area (TPSA) is 162 Å². The minimum absolute atomic E-state index is 0.132. The van der Waals surface area contributed by atoms with Crippen molar-refractivity contribution in [3.05, 3.63) is 84.3 Å². The van der Waals surface area contributed by atoms with Crippen molar-refractivity contribution in [1.29, 1.82) is 0 Å². The van der Waals surface area contributed by atoms with Crippen LogP contribution in [0.4, 0.5) is 10.6 Å². The zero-order chi connectivity index (χ0) is 31.5. The van der Waals surface area contributed by atoms with Crippen molar-refractivity contribution >= 4 is 23.7 Å². The average molecular weight is 609 g/mol. The smallest absolute Gasteiger partial charge is 0.410 e. The monoisotopic (exact) mass is 608 g/mol. The van der Waals surface area contributed by atoms with Gasteiger partial charge in [-0.15, -0.1) is 0 Å². The Bertz CT molecular complexity index is 1720. The summed E-state index contributed by atoms with van der Waals surface area (Å²) in [5.74, 6) is -0.0538. The Morgan fingerprint density at radius 2 is 1.80 bits per heavy atom. The number of hydrogen-bond acceptors (Lipinski definition) is 8. The van der Waals surface area contributed by atoms with Gasteiger partial charge < -0.3 is 26.4 Å². The standard InChI is InChI=1S/C33H36N8O4/c1-39-19-25(17-37-39)24-15-28(30(34)36-16-24)32(43)38-26-11-13-41(20-26)33(44)45-27-5-2-4-23(14-27)22-9-7-21(8-10-22)18-40-12-3-6-29(40)31(35)42/h2,4-5,7-10,14-17,19,26,29H,3,6,11-13,18,20H2,1H3,(H2,34,36)(H2,35,42)(H,38,43)/t26-,29+/m1/s1. The highest BCUT2D eigenvalue weighted by Gasteiger charge is 2.30. The van der Waals surface area contributed by atoms with Crippen molar-refractivity contribution in [3.8, 4) is 28.0 Å². The fraction of sp³-hybridized carbons (Fsp3) is 0.303. The molecular weight excluding hydrogens is 572 g/mol. The summed E-state index contributed by atoms with van der Waals surface area (Å²) >= 11 is 0. The van der Waals surface area contributed by atoms with Crippen LogP contribution < -0.4 is 21.5 Å². The Morgan fingerprint density at radius 1 is 0.978 bits per heavy atom. The predicted octanol–water partition coefficient (Wildman–Crippen LogP) is 3.18. The number of carbonyl (C=O) groups excluding carboxylic acids is 3. The summed E-state index contributed by atoms with van der Waals surface area (Å²) in [5.41, 5.74) is 16.4. The Balaban J connectivity index is 1.04. The van der Waals surface area contributed by atoms with E-state index in [-0.39, 0.29) is 35.3 Å². The minimum atomic E-state index is -0.478. The van der Waals surface area contributed by atoms with E-state index < -0.39 is 6.09 Å². The first kappa shape index (κ1) is 29.8. The Morgan fingerprint density at radius 3 is 2.56 bits per heavy atom. The molecule has 4 aromatic rings. The van der Waals surface area contributed by atoms with Gasteiger partial charge in [0.15, 0.2) is 0 Å². The third kappa shape index (κ3) is 6.80. The van der Waals surface area contributed by atoms with Gasteiger partial charge in [-0.3, -0.25) is 19.2 Å². The molecule has 6 rings (SSSR count). The van der Waals surface area contributed by atoms with Crippen molar-refractivity contribution in [3.63, 3.8) is 0 Å². The van der Waals surface area contributed by atoms with E-state index in [4.69, 9.17) is 16.2 Å². The molecule has 5 N–H and O–H groups in total. The maximum atomic E-state index is 13.1. The molecule has 0 saturated carbocycles. The minimum Gasteiger partial charge on any atom is -0.410 e. The molecule has 12 heteroatoms. The van der Waals surface area contributed by atoms with Gasteiger partial charge in [-0.05, 0) is 60.7 Å². The lowest BCUT2D eigenvalue weighted by Crippen LogP contribution is -2.39. The lowest BCUT2D eigenvalue weighted by Gasteiger charge is -2.21. The van der Waals surface area contributed by atoms with Crippen LogP contribution in [-0.2, 0) is 18.4 Å². The molecule has 2 aliphatic heterocycles. The summed E-state index contributed by atoms with van der Waals surface area (Å²) in [4.78, 5) is 45.7. The SMILES string of the molecule is Cn1cc(-c2cnc(N)c(C(=O)N[C@@H]3CCN(C(=O)Oc4cccc(-c5ccc(CN6CCC[C@H]6C(N)=O)cc5)c4)C3)c2)cn1. The van der Waals surface area contributed by atoms with E-state index in [0.29, 0.717) is 31.8 Å². The number of carbonyl (C=O) groups is 3. The molecule has 3 amide bonds. The first-order valence-corrected chi connectivity index (χ1v) is 15.0. The van der Waals surface area contributed by atoms with Gasteiger partial charge in [-0.25, -0.2) is 9.78 Å². The van der Waals surface area contributed by atoms with Gasteiger partial charge >= 0.3 is 6.09 Å². The fourth-order valence-corrected chi connectivity index (χ4v) is 5.97. The highest BCUT2D eigenvalue weighted by molar-refractivity contribution is 5.99. The molecular formula is C33H36N8O4. The van der Waals surface area contributed by atoms with E-state index >= 15 is 0 Å². The number of aryl methyl sites for hydroxylation is 1. The van der Waals surface area contributed by atoms with Gasteiger partial charge in [0.1, 0.15) is 11.6 Å². The number of nitrogen functional groups attached to an aromatic ring is 1. The fourth-order valence-electron chi connectivity index (χ4n) is 5.97. The number of nitrogens with zero attached hydrogens (tertiary/aromatic N) is 5. The Hall–Kier alpha value is -5.23. The molecule has 2 saturated heterocycles. The summed E-state index contributed by atoms with van der Waals surface area (Å²) in [6.07, 6.45) is 7.02. The number of aromatic nitrogens is 3. The van der Waals surface area contributed by atoms with E-state index in [2.05, 4.69) is 20.3 Å². The van der Waals surface area contributed by atoms with E-state index in [9.17, 15) is 14.4 Å². The highest BCUT2D eigenvalue weighted by atomic mass is 16.6. The molecule has 4 heterocycles. The van der Waals surface area contributed by atoms with Crippen LogP contribution in [0.15, 0.2) is 73.2 Å². The second-order valence-corrected chi connectivity index (χ2v) is 11.6. The molecule has 232 valence electrons. The molecule has 2 aromatic heterocycles. The molecule has 12 nitrogen and oxygen atoms in total. The van der Waals surface area contributed by atoms with Crippen LogP contribution in [0, 0.1) is 0 Å². The highest BCUT2D eigenvalue weighted by Crippen LogP contribution is 2.27. The average Bonchev–Trinajstić information content (AvgIpc) is 3.80. The van der Waals surface area contributed by atoms with Gasteiger partial charge in [-0.2, -0.15) is 5.10 Å². The predicted molar refractivity (Wildman–Crippen MR) is 169 cm³/mol. The van der Waals surface area contributed by atoms with Crippen molar-refractivity contribution in [2.24, 2.45) is 12.8 Å². The maximum Gasteiger partial charge on any atom is 0.415 e. The normalized spacial score (nSPS) is 18.2. The van der Waals surface area contributed by atoms with Gasteiger partial charge in [0, 0.05) is 56.2 Å². The molecule has 0 spiro atoms. The molecule has 2 aliphatic rings. The van der Waals surface area contributed by atoms with Gasteiger partial charge in [0.2, 0.25) is 5.91 Å². The molecule has 0 radical (unpaired) electrons. The Kier molecular flexibility index (Phi) is 8.47. The van der Waals surface area contributed by atoms with Gasteiger partial charge in [0.25, 0.3) is 5.91 Å². The molecule has 2 aromatic carbocycles. The zero-order valence-corrected chi connectivity index (χ0v) is 25.1.